The lowest BCUT2D eigenvalue weighted by Crippen LogP contribution is -2.57. The lowest BCUT2D eigenvalue weighted by Gasteiger charge is -2.52. The number of nitrogens with zero attached hydrogens (tertiary/aromatic N) is 2. The van der Waals surface area contributed by atoms with E-state index in [0.717, 1.165) is 36.2 Å². The first-order chi connectivity index (χ1) is 8.60. The molecule has 0 unspecified atom stereocenters. The van der Waals surface area contributed by atoms with Crippen LogP contribution in [0.2, 0.25) is 0 Å². The van der Waals surface area contributed by atoms with Crippen LogP contribution in [0.15, 0.2) is 22.8 Å². The average Bonchev–Trinajstić information content (AvgIpc) is 2.31. The number of halogens is 1. The molecule has 1 saturated heterocycles. The molecule has 0 radical (unpaired) electrons. The number of aromatic nitrogens is 1. The van der Waals surface area contributed by atoms with Crippen molar-refractivity contribution < 1.29 is 5.11 Å². The summed E-state index contributed by atoms with van der Waals surface area (Å²) in [6, 6.07) is 5.86. The van der Waals surface area contributed by atoms with E-state index in [9.17, 15) is 5.11 Å². The summed E-state index contributed by atoms with van der Waals surface area (Å²) in [5, 5.41) is 11.3. The SMILES string of the molecule is CN1C[C@H]2CCC[C@@H](C1)[C@@]2(O)c1cccc(Br)n1. The van der Waals surface area contributed by atoms with Crippen molar-refractivity contribution in [2.75, 3.05) is 20.1 Å². The summed E-state index contributed by atoms with van der Waals surface area (Å²) in [6.45, 7) is 1.95. The highest BCUT2D eigenvalue weighted by atomic mass is 79.9. The van der Waals surface area contributed by atoms with E-state index >= 15 is 0 Å². The molecule has 1 aliphatic heterocycles. The van der Waals surface area contributed by atoms with E-state index in [0.29, 0.717) is 11.8 Å². The Bertz CT molecular complexity index is 437. The zero-order valence-electron chi connectivity index (χ0n) is 10.6. The molecule has 0 spiro atoms. The van der Waals surface area contributed by atoms with Gasteiger partial charge in [-0.15, -0.1) is 0 Å². The topological polar surface area (TPSA) is 36.4 Å². The van der Waals surface area contributed by atoms with Crippen LogP contribution in [0.4, 0.5) is 0 Å². The van der Waals surface area contributed by atoms with Gasteiger partial charge in [-0.05, 0) is 48.0 Å². The van der Waals surface area contributed by atoms with Crippen molar-refractivity contribution in [2.45, 2.75) is 24.9 Å². The summed E-state index contributed by atoms with van der Waals surface area (Å²) in [6.07, 6.45) is 3.44. The fourth-order valence-corrected chi connectivity index (χ4v) is 4.07. The summed E-state index contributed by atoms with van der Waals surface area (Å²) < 4.78 is 0.811. The van der Waals surface area contributed by atoms with Gasteiger partial charge in [-0.3, -0.25) is 0 Å². The number of piperidine rings is 1. The van der Waals surface area contributed by atoms with Crippen molar-refractivity contribution in [3.05, 3.63) is 28.5 Å². The normalized spacial score (nSPS) is 36.6. The standard InChI is InChI=1S/C14H19BrN2O/c1-17-8-10-4-2-5-11(9-17)14(10,18)12-6-3-7-13(15)16-12/h3,6-7,10-11,18H,2,4-5,8-9H2,1H3/t10-,11+,14-. The first-order valence-corrected chi connectivity index (χ1v) is 7.44. The van der Waals surface area contributed by atoms with Crippen LogP contribution in [0.25, 0.3) is 0 Å². The number of hydrogen-bond donors (Lipinski definition) is 1. The molecule has 4 heteroatoms. The van der Waals surface area contributed by atoms with Gasteiger partial charge in [0.05, 0.1) is 5.69 Å². The molecule has 18 heavy (non-hydrogen) atoms. The Kier molecular flexibility index (Phi) is 3.20. The maximum absolute atomic E-state index is 11.3. The first kappa shape index (κ1) is 12.6. The van der Waals surface area contributed by atoms with Crippen molar-refractivity contribution in [2.24, 2.45) is 11.8 Å². The number of pyridine rings is 1. The van der Waals surface area contributed by atoms with Crippen molar-refractivity contribution >= 4 is 15.9 Å². The van der Waals surface area contributed by atoms with E-state index in [-0.39, 0.29) is 0 Å². The molecule has 0 aromatic carbocycles. The highest BCUT2D eigenvalue weighted by Crippen LogP contribution is 2.48. The number of likely N-dealkylation sites (tertiary alicyclic amines) is 1. The minimum atomic E-state index is -0.728. The lowest BCUT2D eigenvalue weighted by molar-refractivity contribution is -0.145. The molecule has 3 nitrogen and oxygen atoms in total. The molecule has 3 atom stereocenters. The Hall–Kier alpha value is -0.450. The monoisotopic (exact) mass is 310 g/mol. The van der Waals surface area contributed by atoms with Crippen LogP contribution in [0, 0.1) is 11.8 Å². The van der Waals surface area contributed by atoms with Crippen molar-refractivity contribution in [3.63, 3.8) is 0 Å². The van der Waals surface area contributed by atoms with Gasteiger partial charge in [-0.1, -0.05) is 12.5 Å². The van der Waals surface area contributed by atoms with Gasteiger partial charge in [-0.2, -0.15) is 0 Å². The van der Waals surface area contributed by atoms with Crippen molar-refractivity contribution in [3.8, 4) is 0 Å². The first-order valence-electron chi connectivity index (χ1n) is 6.64. The molecule has 2 fully saturated rings. The Morgan fingerprint density at radius 1 is 1.33 bits per heavy atom. The molecule has 1 aliphatic carbocycles. The molecule has 2 aliphatic rings. The van der Waals surface area contributed by atoms with Gasteiger partial charge in [0.15, 0.2) is 0 Å². The zero-order valence-corrected chi connectivity index (χ0v) is 12.2. The number of aliphatic hydroxyl groups is 1. The molecule has 1 saturated carbocycles. The summed E-state index contributed by atoms with van der Waals surface area (Å²) in [5.41, 5.74) is 0.119. The number of rotatable bonds is 1. The van der Waals surface area contributed by atoms with Crippen LogP contribution < -0.4 is 0 Å². The second-order valence-corrected chi connectivity index (χ2v) is 6.53. The summed E-state index contributed by atoms with van der Waals surface area (Å²) in [5.74, 6) is 0.633. The maximum Gasteiger partial charge on any atom is 0.115 e. The lowest BCUT2D eigenvalue weighted by atomic mass is 9.64. The molecule has 1 aromatic rings. The summed E-state index contributed by atoms with van der Waals surface area (Å²) in [7, 11) is 2.15. The smallest absolute Gasteiger partial charge is 0.115 e. The number of hydrogen-bond acceptors (Lipinski definition) is 3. The fourth-order valence-electron chi connectivity index (χ4n) is 3.72. The van der Waals surface area contributed by atoms with Crippen molar-refractivity contribution in [1.29, 1.82) is 0 Å². The van der Waals surface area contributed by atoms with E-state index in [2.05, 4.69) is 32.9 Å². The van der Waals surface area contributed by atoms with Gasteiger partial charge >= 0.3 is 0 Å². The van der Waals surface area contributed by atoms with Gasteiger partial charge < -0.3 is 10.0 Å². The van der Waals surface area contributed by atoms with Gasteiger partial charge in [0, 0.05) is 24.9 Å². The molecule has 2 bridgehead atoms. The van der Waals surface area contributed by atoms with Crippen LogP contribution >= 0.6 is 15.9 Å². The molecule has 98 valence electrons. The second-order valence-electron chi connectivity index (χ2n) is 5.72. The molecule has 2 heterocycles. The molecule has 3 rings (SSSR count). The Balaban J connectivity index is 2.02. The highest BCUT2D eigenvalue weighted by molar-refractivity contribution is 9.10. The van der Waals surface area contributed by atoms with Gasteiger partial charge in [0.2, 0.25) is 0 Å². The van der Waals surface area contributed by atoms with Crippen LogP contribution in [-0.4, -0.2) is 35.1 Å². The zero-order chi connectivity index (χ0) is 12.8. The predicted molar refractivity (Wildman–Crippen MR) is 74.2 cm³/mol. The third kappa shape index (κ3) is 1.91. The van der Waals surface area contributed by atoms with Crippen LogP contribution in [0.3, 0.4) is 0 Å². The van der Waals surface area contributed by atoms with E-state index in [1.54, 1.807) is 0 Å². The highest BCUT2D eigenvalue weighted by Gasteiger charge is 2.51. The Morgan fingerprint density at radius 3 is 2.61 bits per heavy atom. The van der Waals surface area contributed by atoms with Gasteiger partial charge in [0.25, 0.3) is 0 Å². The Labute approximate surface area is 116 Å². The Morgan fingerprint density at radius 2 is 2.00 bits per heavy atom. The maximum atomic E-state index is 11.3. The summed E-state index contributed by atoms with van der Waals surface area (Å²) >= 11 is 3.41. The van der Waals surface area contributed by atoms with E-state index in [1.807, 2.05) is 18.2 Å². The second kappa shape index (κ2) is 4.58. The van der Waals surface area contributed by atoms with E-state index < -0.39 is 5.60 Å². The van der Waals surface area contributed by atoms with Crippen LogP contribution in [0.5, 0.6) is 0 Å². The van der Waals surface area contributed by atoms with Crippen molar-refractivity contribution in [1.82, 2.24) is 9.88 Å². The molecule has 1 aromatic heterocycles. The molecular formula is C14H19BrN2O. The van der Waals surface area contributed by atoms with E-state index in [1.165, 1.54) is 6.42 Å². The molecular weight excluding hydrogens is 292 g/mol. The third-order valence-corrected chi connectivity index (χ3v) is 4.98. The molecule has 1 N–H and O–H groups in total. The summed E-state index contributed by atoms with van der Waals surface area (Å²) in [4.78, 5) is 6.87. The van der Waals surface area contributed by atoms with Crippen LogP contribution in [-0.2, 0) is 5.60 Å². The average molecular weight is 311 g/mol. The minimum absolute atomic E-state index is 0.316. The third-order valence-electron chi connectivity index (χ3n) is 4.54. The predicted octanol–water partition coefficient (Wildman–Crippen LogP) is 2.39. The van der Waals surface area contributed by atoms with Crippen LogP contribution in [0.1, 0.15) is 25.0 Å². The fraction of sp³-hybridized carbons (Fsp3) is 0.643. The van der Waals surface area contributed by atoms with Gasteiger partial charge in [0.1, 0.15) is 10.2 Å². The quantitative estimate of drug-likeness (QED) is 0.809. The molecule has 0 amide bonds. The largest absolute Gasteiger partial charge is 0.383 e. The minimum Gasteiger partial charge on any atom is -0.383 e. The van der Waals surface area contributed by atoms with Gasteiger partial charge in [-0.25, -0.2) is 4.98 Å². The van der Waals surface area contributed by atoms with E-state index in [4.69, 9.17) is 0 Å². The number of fused-ring (bicyclic) bond motifs is 2.